The highest BCUT2D eigenvalue weighted by Gasteiger charge is 2.16. The third kappa shape index (κ3) is 3.92. The van der Waals surface area contributed by atoms with Gasteiger partial charge in [-0.05, 0) is 18.9 Å². The van der Waals surface area contributed by atoms with Crippen LogP contribution in [0.2, 0.25) is 0 Å². The molecule has 6 heteroatoms. The highest BCUT2D eigenvalue weighted by Crippen LogP contribution is 2.26. The largest absolute Gasteiger partial charge is 0.481 e. The predicted molar refractivity (Wildman–Crippen MR) is 86.1 cm³/mol. The Morgan fingerprint density at radius 2 is 2.05 bits per heavy atom. The maximum Gasteiger partial charge on any atom is 0.303 e. The third-order valence-corrected chi connectivity index (χ3v) is 4.21. The number of benzene rings is 1. The van der Waals surface area contributed by atoms with Crippen LogP contribution in [-0.2, 0) is 4.79 Å². The van der Waals surface area contributed by atoms with Crippen molar-refractivity contribution in [3.05, 3.63) is 40.9 Å². The Kier molecular flexibility index (Phi) is 5.27. The molecule has 0 radical (unpaired) electrons. The minimum Gasteiger partial charge on any atom is -0.481 e. The molecule has 0 aliphatic heterocycles. The average Bonchev–Trinajstić information content (AvgIpc) is 2.96. The first kappa shape index (κ1) is 16.2. The summed E-state index contributed by atoms with van der Waals surface area (Å²) in [6, 6.07) is 7.91. The molecule has 0 aliphatic carbocycles. The second-order valence-electron chi connectivity index (χ2n) is 5.08. The summed E-state index contributed by atoms with van der Waals surface area (Å²) in [4.78, 5) is 28.7. The zero-order valence-corrected chi connectivity index (χ0v) is 13.4. The molecule has 2 aromatic rings. The van der Waals surface area contributed by atoms with Gasteiger partial charge in [-0.3, -0.25) is 9.59 Å². The van der Waals surface area contributed by atoms with E-state index in [1.165, 1.54) is 16.2 Å². The summed E-state index contributed by atoms with van der Waals surface area (Å²) >= 11 is 1.44. The van der Waals surface area contributed by atoms with Gasteiger partial charge < -0.3 is 10.0 Å². The lowest BCUT2D eigenvalue weighted by molar-refractivity contribution is -0.137. The second-order valence-corrected chi connectivity index (χ2v) is 5.93. The molecule has 0 atom stereocenters. The van der Waals surface area contributed by atoms with Crippen molar-refractivity contribution < 1.29 is 14.7 Å². The Bertz CT molecular complexity index is 682. The summed E-state index contributed by atoms with van der Waals surface area (Å²) in [7, 11) is 1.66. The summed E-state index contributed by atoms with van der Waals surface area (Å²) in [5, 5.41) is 11.2. The van der Waals surface area contributed by atoms with Gasteiger partial charge in [0.25, 0.3) is 5.91 Å². The van der Waals surface area contributed by atoms with Crippen LogP contribution in [-0.4, -0.2) is 40.5 Å². The second kappa shape index (κ2) is 7.17. The SMILES string of the molecule is Cc1ccccc1-c1nc(C(=O)N(C)CCCC(=O)O)cs1. The summed E-state index contributed by atoms with van der Waals surface area (Å²) in [5.74, 6) is -1.03. The maximum atomic E-state index is 12.3. The minimum atomic E-state index is -0.851. The number of amides is 1. The van der Waals surface area contributed by atoms with Gasteiger partial charge in [-0.15, -0.1) is 11.3 Å². The highest BCUT2D eigenvalue weighted by atomic mass is 32.1. The molecular formula is C16H18N2O3S. The van der Waals surface area contributed by atoms with Crippen molar-refractivity contribution in [2.45, 2.75) is 19.8 Å². The summed E-state index contributed by atoms with van der Waals surface area (Å²) in [5.41, 5.74) is 2.55. The van der Waals surface area contributed by atoms with E-state index >= 15 is 0 Å². The van der Waals surface area contributed by atoms with Gasteiger partial charge in [0.15, 0.2) is 0 Å². The lowest BCUT2D eigenvalue weighted by Crippen LogP contribution is -2.28. The Morgan fingerprint density at radius 1 is 1.32 bits per heavy atom. The first-order valence-corrected chi connectivity index (χ1v) is 7.86. The zero-order valence-electron chi connectivity index (χ0n) is 12.6. The molecule has 0 unspecified atom stereocenters. The quantitative estimate of drug-likeness (QED) is 0.888. The van der Waals surface area contributed by atoms with Crippen molar-refractivity contribution in [3.63, 3.8) is 0 Å². The summed E-state index contributed by atoms with van der Waals surface area (Å²) in [6.45, 7) is 2.42. The molecule has 1 aromatic heterocycles. The maximum absolute atomic E-state index is 12.3. The number of carboxylic acid groups (broad SMARTS) is 1. The topological polar surface area (TPSA) is 70.5 Å². The van der Waals surface area contributed by atoms with Crippen LogP contribution >= 0.6 is 11.3 Å². The molecule has 22 heavy (non-hydrogen) atoms. The van der Waals surface area contributed by atoms with E-state index in [-0.39, 0.29) is 12.3 Å². The number of nitrogens with zero attached hydrogens (tertiary/aromatic N) is 2. The minimum absolute atomic E-state index is 0.0587. The Hall–Kier alpha value is -2.21. The number of aryl methyl sites for hydroxylation is 1. The van der Waals surface area contributed by atoms with Crippen molar-refractivity contribution in [2.75, 3.05) is 13.6 Å². The van der Waals surface area contributed by atoms with Crippen LogP contribution in [0.3, 0.4) is 0 Å². The van der Waals surface area contributed by atoms with Gasteiger partial charge in [-0.25, -0.2) is 4.98 Å². The van der Waals surface area contributed by atoms with Gasteiger partial charge >= 0.3 is 5.97 Å². The lowest BCUT2D eigenvalue weighted by atomic mass is 10.1. The molecule has 0 aliphatic rings. The fourth-order valence-corrected chi connectivity index (χ4v) is 2.96. The normalized spacial score (nSPS) is 10.5. The fraction of sp³-hybridized carbons (Fsp3) is 0.312. The number of thiazole rings is 1. The van der Waals surface area contributed by atoms with Crippen molar-refractivity contribution in [1.82, 2.24) is 9.88 Å². The molecule has 2 rings (SSSR count). The van der Waals surface area contributed by atoms with Crippen molar-refractivity contribution >= 4 is 23.2 Å². The monoisotopic (exact) mass is 318 g/mol. The Balaban J connectivity index is 2.06. The molecule has 1 amide bonds. The van der Waals surface area contributed by atoms with Gasteiger partial charge in [-0.2, -0.15) is 0 Å². The van der Waals surface area contributed by atoms with Crippen LogP contribution in [0.1, 0.15) is 28.9 Å². The van der Waals surface area contributed by atoms with E-state index in [1.54, 1.807) is 12.4 Å². The molecule has 1 N–H and O–H groups in total. The molecule has 1 aromatic carbocycles. The third-order valence-electron chi connectivity index (χ3n) is 3.33. The number of rotatable bonds is 6. The van der Waals surface area contributed by atoms with E-state index < -0.39 is 5.97 Å². The number of aliphatic carboxylic acids is 1. The standard InChI is InChI=1S/C16H18N2O3S/c1-11-6-3-4-7-12(11)15-17-13(10-22-15)16(21)18(2)9-5-8-14(19)20/h3-4,6-7,10H,5,8-9H2,1-2H3,(H,19,20). The lowest BCUT2D eigenvalue weighted by Gasteiger charge is -2.14. The van der Waals surface area contributed by atoms with Gasteiger partial charge in [0.2, 0.25) is 0 Å². The van der Waals surface area contributed by atoms with Crippen LogP contribution in [0.5, 0.6) is 0 Å². The van der Waals surface area contributed by atoms with Gasteiger partial charge in [0.05, 0.1) is 0 Å². The molecule has 0 saturated heterocycles. The van der Waals surface area contributed by atoms with Gasteiger partial charge in [0, 0.05) is 31.0 Å². The predicted octanol–water partition coefficient (Wildman–Crippen LogP) is 3.06. The van der Waals surface area contributed by atoms with Crippen LogP contribution in [0.25, 0.3) is 10.6 Å². The van der Waals surface area contributed by atoms with E-state index in [2.05, 4.69) is 4.98 Å². The number of hydrogen-bond donors (Lipinski definition) is 1. The molecule has 0 saturated carbocycles. The Morgan fingerprint density at radius 3 is 2.73 bits per heavy atom. The number of carbonyl (C=O) groups is 2. The smallest absolute Gasteiger partial charge is 0.303 e. The highest BCUT2D eigenvalue weighted by molar-refractivity contribution is 7.13. The number of carboxylic acids is 1. The van der Waals surface area contributed by atoms with E-state index in [9.17, 15) is 9.59 Å². The van der Waals surface area contributed by atoms with Crippen LogP contribution in [0, 0.1) is 6.92 Å². The molecule has 0 bridgehead atoms. The zero-order chi connectivity index (χ0) is 16.1. The van der Waals surface area contributed by atoms with Crippen molar-refractivity contribution in [1.29, 1.82) is 0 Å². The molecule has 1 heterocycles. The van der Waals surface area contributed by atoms with Gasteiger partial charge in [-0.1, -0.05) is 24.3 Å². The molecule has 5 nitrogen and oxygen atoms in total. The molecule has 116 valence electrons. The van der Waals surface area contributed by atoms with E-state index in [1.807, 2.05) is 31.2 Å². The summed E-state index contributed by atoms with van der Waals surface area (Å²) < 4.78 is 0. The van der Waals surface area contributed by atoms with E-state index in [0.717, 1.165) is 16.1 Å². The first-order valence-electron chi connectivity index (χ1n) is 6.98. The summed E-state index contributed by atoms with van der Waals surface area (Å²) in [6.07, 6.45) is 0.496. The van der Waals surface area contributed by atoms with E-state index in [4.69, 9.17) is 5.11 Å². The van der Waals surface area contributed by atoms with Gasteiger partial charge in [0.1, 0.15) is 10.7 Å². The number of carbonyl (C=O) groups excluding carboxylic acids is 1. The van der Waals surface area contributed by atoms with Crippen LogP contribution in [0.4, 0.5) is 0 Å². The van der Waals surface area contributed by atoms with Crippen molar-refractivity contribution in [2.24, 2.45) is 0 Å². The molecule has 0 fully saturated rings. The van der Waals surface area contributed by atoms with Crippen molar-refractivity contribution in [3.8, 4) is 10.6 Å². The fourth-order valence-electron chi connectivity index (χ4n) is 2.07. The first-order chi connectivity index (χ1) is 10.5. The molecular weight excluding hydrogens is 300 g/mol. The Labute approximate surface area is 133 Å². The van der Waals surface area contributed by atoms with Crippen LogP contribution < -0.4 is 0 Å². The molecule has 0 spiro atoms. The number of hydrogen-bond acceptors (Lipinski definition) is 4. The van der Waals surface area contributed by atoms with E-state index in [0.29, 0.717) is 18.7 Å². The number of aromatic nitrogens is 1. The van der Waals surface area contributed by atoms with Crippen LogP contribution in [0.15, 0.2) is 29.6 Å². The average molecular weight is 318 g/mol.